The average molecular weight is 294 g/mol. The SMILES string of the molecule is Cc1nn(CC(=O)OCc2ccc(Cl)cc2)c(C)c1N. The minimum absolute atomic E-state index is 0.0530. The molecule has 2 aromatic rings. The zero-order chi connectivity index (χ0) is 14.7. The Balaban J connectivity index is 1.92. The Bertz CT molecular complexity index is 620. The summed E-state index contributed by atoms with van der Waals surface area (Å²) in [7, 11) is 0. The number of halogens is 1. The van der Waals surface area contributed by atoms with E-state index in [0.29, 0.717) is 16.4 Å². The van der Waals surface area contributed by atoms with Crippen LogP contribution in [0.2, 0.25) is 5.02 Å². The largest absolute Gasteiger partial charge is 0.459 e. The van der Waals surface area contributed by atoms with Gasteiger partial charge >= 0.3 is 5.97 Å². The first kappa shape index (κ1) is 14.4. The average Bonchev–Trinajstić information content (AvgIpc) is 2.66. The molecule has 5 nitrogen and oxygen atoms in total. The van der Waals surface area contributed by atoms with Crippen LogP contribution in [0.25, 0.3) is 0 Å². The van der Waals surface area contributed by atoms with Crippen LogP contribution < -0.4 is 5.73 Å². The van der Waals surface area contributed by atoms with Crippen LogP contribution in [0.4, 0.5) is 5.69 Å². The van der Waals surface area contributed by atoms with Gasteiger partial charge in [0.2, 0.25) is 0 Å². The lowest BCUT2D eigenvalue weighted by atomic mass is 10.2. The van der Waals surface area contributed by atoms with Crippen molar-refractivity contribution < 1.29 is 9.53 Å². The van der Waals surface area contributed by atoms with Crippen molar-refractivity contribution in [1.82, 2.24) is 9.78 Å². The molecule has 106 valence electrons. The number of nitrogens with zero attached hydrogens (tertiary/aromatic N) is 2. The third kappa shape index (κ3) is 3.30. The molecular weight excluding hydrogens is 278 g/mol. The number of nitrogens with two attached hydrogens (primary N) is 1. The summed E-state index contributed by atoms with van der Waals surface area (Å²) in [5.74, 6) is -0.356. The van der Waals surface area contributed by atoms with Crippen molar-refractivity contribution in [2.75, 3.05) is 5.73 Å². The summed E-state index contributed by atoms with van der Waals surface area (Å²) in [5.41, 5.74) is 8.79. The number of nitrogen functional groups attached to an aromatic ring is 1. The van der Waals surface area contributed by atoms with Gasteiger partial charge in [0.25, 0.3) is 0 Å². The number of carbonyl (C=O) groups excluding carboxylic acids is 1. The number of esters is 1. The Morgan fingerprint density at radius 2 is 2.00 bits per heavy atom. The fourth-order valence-electron chi connectivity index (χ4n) is 1.78. The number of benzene rings is 1. The topological polar surface area (TPSA) is 70.1 Å². The summed E-state index contributed by atoms with van der Waals surface area (Å²) >= 11 is 5.79. The van der Waals surface area contributed by atoms with E-state index in [0.717, 1.165) is 11.3 Å². The molecule has 1 heterocycles. The lowest BCUT2D eigenvalue weighted by Gasteiger charge is -2.06. The maximum Gasteiger partial charge on any atom is 0.328 e. The fourth-order valence-corrected chi connectivity index (χ4v) is 1.90. The van der Waals surface area contributed by atoms with E-state index in [-0.39, 0.29) is 19.1 Å². The predicted octanol–water partition coefficient (Wildman–Crippen LogP) is 2.48. The second-order valence-corrected chi connectivity index (χ2v) is 4.97. The van der Waals surface area contributed by atoms with E-state index in [1.807, 2.05) is 19.1 Å². The number of hydrogen-bond acceptors (Lipinski definition) is 4. The molecule has 0 aliphatic rings. The smallest absolute Gasteiger partial charge is 0.328 e. The van der Waals surface area contributed by atoms with E-state index in [1.54, 1.807) is 23.7 Å². The number of aromatic nitrogens is 2. The Labute approximate surface area is 122 Å². The molecule has 0 bridgehead atoms. The molecule has 0 spiro atoms. The van der Waals surface area contributed by atoms with Gasteiger partial charge in [0, 0.05) is 5.02 Å². The third-order valence-corrected chi connectivity index (χ3v) is 3.28. The first-order chi connectivity index (χ1) is 9.47. The van der Waals surface area contributed by atoms with Gasteiger partial charge in [0.15, 0.2) is 0 Å². The van der Waals surface area contributed by atoms with Crippen molar-refractivity contribution in [1.29, 1.82) is 0 Å². The summed E-state index contributed by atoms with van der Waals surface area (Å²) in [5, 5.41) is 4.84. The molecule has 0 aliphatic carbocycles. The number of hydrogen-bond donors (Lipinski definition) is 1. The number of rotatable bonds is 4. The van der Waals surface area contributed by atoms with E-state index in [2.05, 4.69) is 5.10 Å². The number of carbonyl (C=O) groups is 1. The van der Waals surface area contributed by atoms with Crippen molar-refractivity contribution >= 4 is 23.3 Å². The molecule has 0 atom stereocenters. The highest BCUT2D eigenvalue weighted by Crippen LogP contribution is 2.15. The van der Waals surface area contributed by atoms with Crippen LogP contribution >= 0.6 is 11.6 Å². The molecule has 1 aromatic carbocycles. The van der Waals surface area contributed by atoms with Crippen LogP contribution in [0.1, 0.15) is 17.0 Å². The van der Waals surface area contributed by atoms with Gasteiger partial charge in [0.05, 0.1) is 17.1 Å². The minimum atomic E-state index is -0.356. The Kier molecular flexibility index (Phi) is 4.29. The van der Waals surface area contributed by atoms with E-state index in [4.69, 9.17) is 22.1 Å². The van der Waals surface area contributed by atoms with Crippen LogP contribution in [-0.2, 0) is 22.7 Å². The lowest BCUT2D eigenvalue weighted by molar-refractivity contribution is -0.145. The highest BCUT2D eigenvalue weighted by atomic mass is 35.5. The van der Waals surface area contributed by atoms with Gasteiger partial charge in [-0.15, -0.1) is 0 Å². The highest BCUT2D eigenvalue weighted by Gasteiger charge is 2.12. The monoisotopic (exact) mass is 293 g/mol. The van der Waals surface area contributed by atoms with E-state index >= 15 is 0 Å². The predicted molar refractivity (Wildman–Crippen MR) is 77.4 cm³/mol. The highest BCUT2D eigenvalue weighted by molar-refractivity contribution is 6.30. The maximum atomic E-state index is 11.8. The van der Waals surface area contributed by atoms with Crippen LogP contribution in [0.15, 0.2) is 24.3 Å². The fraction of sp³-hybridized carbons (Fsp3) is 0.286. The molecule has 6 heteroatoms. The van der Waals surface area contributed by atoms with Crippen molar-refractivity contribution in [2.45, 2.75) is 27.0 Å². The number of anilines is 1. The maximum absolute atomic E-state index is 11.8. The van der Waals surface area contributed by atoms with Crippen LogP contribution in [0, 0.1) is 13.8 Å². The summed E-state index contributed by atoms with van der Waals surface area (Å²) in [6, 6.07) is 7.15. The zero-order valence-electron chi connectivity index (χ0n) is 11.4. The molecule has 0 fully saturated rings. The molecule has 0 radical (unpaired) electrons. The molecule has 0 saturated heterocycles. The van der Waals surface area contributed by atoms with Crippen molar-refractivity contribution in [3.05, 3.63) is 46.2 Å². The van der Waals surface area contributed by atoms with Gasteiger partial charge in [0.1, 0.15) is 13.2 Å². The summed E-state index contributed by atoms with van der Waals surface area (Å²) in [6.45, 7) is 3.89. The molecule has 0 unspecified atom stereocenters. The molecule has 2 N–H and O–H groups in total. The van der Waals surface area contributed by atoms with Crippen molar-refractivity contribution in [2.24, 2.45) is 0 Å². The van der Waals surface area contributed by atoms with Crippen molar-refractivity contribution in [3.63, 3.8) is 0 Å². The van der Waals surface area contributed by atoms with Gasteiger partial charge in [-0.25, -0.2) is 0 Å². The van der Waals surface area contributed by atoms with Crippen LogP contribution in [0.5, 0.6) is 0 Å². The van der Waals surface area contributed by atoms with Crippen LogP contribution in [0.3, 0.4) is 0 Å². The lowest BCUT2D eigenvalue weighted by Crippen LogP contribution is -2.15. The molecular formula is C14H16ClN3O2. The van der Waals surface area contributed by atoms with Gasteiger partial charge in [-0.3, -0.25) is 9.48 Å². The number of ether oxygens (including phenoxy) is 1. The Morgan fingerprint density at radius 1 is 1.35 bits per heavy atom. The van der Waals surface area contributed by atoms with Gasteiger partial charge in [-0.05, 0) is 31.5 Å². The second-order valence-electron chi connectivity index (χ2n) is 4.53. The van der Waals surface area contributed by atoms with E-state index in [9.17, 15) is 4.79 Å². The summed E-state index contributed by atoms with van der Waals surface area (Å²) < 4.78 is 6.74. The zero-order valence-corrected chi connectivity index (χ0v) is 12.1. The molecule has 1 aromatic heterocycles. The molecule has 0 aliphatic heterocycles. The van der Waals surface area contributed by atoms with Gasteiger partial charge in [-0.1, -0.05) is 23.7 Å². The summed E-state index contributed by atoms with van der Waals surface area (Å²) in [6.07, 6.45) is 0. The second kappa shape index (κ2) is 5.96. The van der Waals surface area contributed by atoms with E-state index < -0.39 is 0 Å². The third-order valence-electron chi connectivity index (χ3n) is 3.03. The normalized spacial score (nSPS) is 10.6. The van der Waals surface area contributed by atoms with Crippen LogP contribution in [-0.4, -0.2) is 15.7 Å². The minimum Gasteiger partial charge on any atom is -0.459 e. The molecule has 0 amide bonds. The van der Waals surface area contributed by atoms with Gasteiger partial charge in [-0.2, -0.15) is 5.10 Å². The Hall–Kier alpha value is -2.01. The van der Waals surface area contributed by atoms with Crippen molar-refractivity contribution in [3.8, 4) is 0 Å². The number of aryl methyl sites for hydroxylation is 1. The quantitative estimate of drug-likeness (QED) is 0.879. The molecule has 2 rings (SSSR count). The summed E-state index contributed by atoms with van der Waals surface area (Å²) in [4.78, 5) is 11.8. The van der Waals surface area contributed by atoms with Gasteiger partial charge < -0.3 is 10.5 Å². The first-order valence-electron chi connectivity index (χ1n) is 6.17. The first-order valence-corrected chi connectivity index (χ1v) is 6.54. The van der Waals surface area contributed by atoms with E-state index in [1.165, 1.54) is 0 Å². The standard InChI is InChI=1S/C14H16ClN3O2/c1-9-14(16)10(2)18(17-9)7-13(19)20-8-11-3-5-12(15)6-4-11/h3-6H,7-8,16H2,1-2H3. The Morgan fingerprint density at radius 3 is 2.55 bits per heavy atom. The molecule has 20 heavy (non-hydrogen) atoms. The molecule has 0 saturated carbocycles.